The van der Waals surface area contributed by atoms with E-state index in [4.69, 9.17) is 0 Å². The lowest BCUT2D eigenvalue weighted by Crippen LogP contribution is -2.38. The van der Waals surface area contributed by atoms with Crippen LogP contribution in [0.25, 0.3) is 11.0 Å². The molecular weight excluding hydrogens is 381 g/mol. The van der Waals surface area contributed by atoms with Gasteiger partial charge in [0.1, 0.15) is 5.82 Å². The number of likely N-dealkylation sites (tertiary alicyclic amines) is 1. The van der Waals surface area contributed by atoms with E-state index in [1.807, 2.05) is 24.3 Å². The third-order valence-electron chi connectivity index (χ3n) is 5.26. The summed E-state index contributed by atoms with van der Waals surface area (Å²) in [5.74, 6) is 0.210. The predicted octanol–water partition coefficient (Wildman–Crippen LogP) is 4.43. The van der Waals surface area contributed by atoms with Gasteiger partial charge in [0.15, 0.2) is 0 Å². The smallest absolute Gasteiger partial charge is 0.341 e. The maximum Gasteiger partial charge on any atom is 0.418 e. The number of para-hydroxylation sites is 3. The third kappa shape index (κ3) is 4.42. The summed E-state index contributed by atoms with van der Waals surface area (Å²) in [6.45, 7) is 2.03. The molecule has 152 valence electrons. The molecule has 1 saturated heterocycles. The van der Waals surface area contributed by atoms with E-state index < -0.39 is 11.7 Å². The summed E-state index contributed by atoms with van der Waals surface area (Å²) in [7, 11) is 0. The SMILES string of the molecule is O=C(Nc1ccccc1C(F)(F)F)C1CCN(Cc2nc3ccccc3[nH]2)CC1. The molecule has 0 aliphatic carbocycles. The van der Waals surface area contributed by atoms with Gasteiger partial charge in [0.05, 0.1) is 28.8 Å². The monoisotopic (exact) mass is 402 g/mol. The van der Waals surface area contributed by atoms with Gasteiger partial charge in [-0.2, -0.15) is 13.2 Å². The fourth-order valence-corrected chi connectivity index (χ4v) is 3.72. The van der Waals surface area contributed by atoms with Gasteiger partial charge in [-0.15, -0.1) is 0 Å². The van der Waals surface area contributed by atoms with Gasteiger partial charge in [-0.25, -0.2) is 4.98 Å². The highest BCUT2D eigenvalue weighted by Gasteiger charge is 2.34. The molecule has 3 aromatic rings. The molecule has 0 saturated carbocycles. The minimum Gasteiger partial charge on any atom is -0.341 e. The average molecular weight is 402 g/mol. The van der Waals surface area contributed by atoms with Crippen molar-refractivity contribution in [1.82, 2.24) is 14.9 Å². The number of nitrogens with zero attached hydrogens (tertiary/aromatic N) is 2. The van der Waals surface area contributed by atoms with Crippen LogP contribution in [0.4, 0.5) is 18.9 Å². The number of anilines is 1. The molecule has 1 aromatic heterocycles. The molecule has 1 amide bonds. The zero-order chi connectivity index (χ0) is 20.4. The first-order chi connectivity index (χ1) is 13.9. The fourth-order valence-electron chi connectivity index (χ4n) is 3.72. The number of alkyl halides is 3. The van der Waals surface area contributed by atoms with E-state index in [-0.39, 0.29) is 17.5 Å². The Kier molecular flexibility index (Phi) is 5.27. The Morgan fingerprint density at radius 3 is 2.52 bits per heavy atom. The minimum absolute atomic E-state index is 0.185. The Labute approximate surface area is 165 Å². The van der Waals surface area contributed by atoms with E-state index in [2.05, 4.69) is 20.2 Å². The van der Waals surface area contributed by atoms with Crippen LogP contribution in [0.5, 0.6) is 0 Å². The molecule has 0 spiro atoms. The van der Waals surface area contributed by atoms with Crippen LogP contribution >= 0.6 is 0 Å². The number of amides is 1. The second kappa shape index (κ2) is 7.87. The molecule has 0 unspecified atom stereocenters. The second-order valence-corrected chi connectivity index (χ2v) is 7.28. The van der Waals surface area contributed by atoms with Crippen molar-refractivity contribution in [3.63, 3.8) is 0 Å². The summed E-state index contributed by atoms with van der Waals surface area (Å²) in [5.41, 5.74) is 0.894. The standard InChI is InChI=1S/C21H21F3N4O/c22-21(23,24)15-5-1-2-6-16(15)27-20(29)14-9-11-28(12-10-14)13-19-25-17-7-3-4-8-18(17)26-19/h1-8,14H,9-13H2,(H,25,26)(H,27,29). The number of aromatic amines is 1. The number of halogens is 3. The van der Waals surface area contributed by atoms with Crippen molar-refractivity contribution in [2.45, 2.75) is 25.6 Å². The number of nitrogens with one attached hydrogen (secondary N) is 2. The van der Waals surface area contributed by atoms with Gasteiger partial charge in [-0.05, 0) is 50.2 Å². The number of carbonyl (C=O) groups excluding carboxylic acids is 1. The van der Waals surface area contributed by atoms with Crippen molar-refractivity contribution >= 4 is 22.6 Å². The van der Waals surface area contributed by atoms with Crippen LogP contribution in [-0.4, -0.2) is 33.9 Å². The maximum absolute atomic E-state index is 13.1. The van der Waals surface area contributed by atoms with Crippen molar-refractivity contribution < 1.29 is 18.0 Å². The van der Waals surface area contributed by atoms with Crippen molar-refractivity contribution in [3.8, 4) is 0 Å². The number of aromatic nitrogens is 2. The normalized spacial score (nSPS) is 16.2. The van der Waals surface area contributed by atoms with E-state index >= 15 is 0 Å². The predicted molar refractivity (Wildman–Crippen MR) is 104 cm³/mol. The summed E-state index contributed by atoms with van der Waals surface area (Å²) in [6, 6.07) is 12.9. The summed E-state index contributed by atoms with van der Waals surface area (Å²) in [5, 5.41) is 2.47. The van der Waals surface area contributed by atoms with E-state index in [0.29, 0.717) is 32.5 Å². The number of piperidine rings is 1. The zero-order valence-electron chi connectivity index (χ0n) is 15.7. The number of H-pyrrole nitrogens is 1. The highest BCUT2D eigenvalue weighted by atomic mass is 19.4. The van der Waals surface area contributed by atoms with Gasteiger partial charge in [-0.1, -0.05) is 24.3 Å². The first kappa shape index (κ1) is 19.4. The van der Waals surface area contributed by atoms with Gasteiger partial charge < -0.3 is 10.3 Å². The largest absolute Gasteiger partial charge is 0.418 e. The molecule has 4 rings (SSSR count). The molecule has 2 aromatic carbocycles. The second-order valence-electron chi connectivity index (χ2n) is 7.28. The van der Waals surface area contributed by atoms with E-state index in [9.17, 15) is 18.0 Å². The van der Waals surface area contributed by atoms with Gasteiger partial charge in [0.25, 0.3) is 0 Å². The van der Waals surface area contributed by atoms with Crippen LogP contribution in [0, 0.1) is 5.92 Å². The molecule has 2 heterocycles. The zero-order valence-corrected chi connectivity index (χ0v) is 15.7. The van der Waals surface area contributed by atoms with Crippen LogP contribution in [0.1, 0.15) is 24.2 Å². The van der Waals surface area contributed by atoms with Crippen molar-refractivity contribution in [3.05, 3.63) is 59.9 Å². The van der Waals surface area contributed by atoms with Gasteiger partial charge >= 0.3 is 6.18 Å². The molecule has 0 radical (unpaired) electrons. The van der Waals surface area contributed by atoms with E-state index in [1.165, 1.54) is 18.2 Å². The minimum atomic E-state index is -4.50. The Morgan fingerprint density at radius 1 is 1.10 bits per heavy atom. The van der Waals surface area contributed by atoms with E-state index in [1.54, 1.807) is 0 Å². The molecule has 0 bridgehead atoms. The topological polar surface area (TPSA) is 61.0 Å². The number of carbonyl (C=O) groups is 1. The number of rotatable bonds is 4. The Balaban J connectivity index is 1.34. The van der Waals surface area contributed by atoms with Gasteiger partial charge in [0, 0.05) is 5.92 Å². The number of hydrogen-bond acceptors (Lipinski definition) is 3. The van der Waals surface area contributed by atoms with Gasteiger partial charge in [0.2, 0.25) is 5.91 Å². The fraction of sp³-hybridized carbons (Fsp3) is 0.333. The molecule has 1 aliphatic heterocycles. The first-order valence-corrected chi connectivity index (χ1v) is 9.53. The number of hydrogen-bond donors (Lipinski definition) is 2. The van der Waals surface area contributed by atoms with Crippen molar-refractivity contribution in [1.29, 1.82) is 0 Å². The lowest BCUT2D eigenvalue weighted by Gasteiger charge is -2.30. The first-order valence-electron chi connectivity index (χ1n) is 9.53. The van der Waals surface area contributed by atoms with Crippen LogP contribution in [0.2, 0.25) is 0 Å². The molecule has 8 heteroatoms. The van der Waals surface area contributed by atoms with Crippen LogP contribution in [0.3, 0.4) is 0 Å². The summed E-state index contributed by atoms with van der Waals surface area (Å²) in [6.07, 6.45) is -3.31. The van der Waals surface area contributed by atoms with Crippen LogP contribution < -0.4 is 5.32 Å². The molecule has 29 heavy (non-hydrogen) atoms. The molecule has 1 fully saturated rings. The van der Waals surface area contributed by atoms with Crippen LogP contribution in [-0.2, 0) is 17.5 Å². The van der Waals surface area contributed by atoms with Crippen molar-refractivity contribution in [2.24, 2.45) is 5.92 Å². The summed E-state index contributed by atoms with van der Waals surface area (Å²) >= 11 is 0. The Morgan fingerprint density at radius 2 is 1.79 bits per heavy atom. The molecule has 2 N–H and O–H groups in total. The quantitative estimate of drug-likeness (QED) is 0.679. The number of imidazole rings is 1. The van der Waals surface area contributed by atoms with E-state index in [0.717, 1.165) is 22.9 Å². The highest BCUT2D eigenvalue weighted by molar-refractivity contribution is 5.93. The Hall–Kier alpha value is -2.87. The number of fused-ring (bicyclic) bond motifs is 1. The lowest BCUT2D eigenvalue weighted by atomic mass is 9.95. The van der Waals surface area contributed by atoms with Crippen molar-refractivity contribution in [2.75, 3.05) is 18.4 Å². The molecule has 0 atom stereocenters. The van der Waals surface area contributed by atoms with Gasteiger partial charge in [-0.3, -0.25) is 9.69 Å². The number of benzene rings is 2. The average Bonchev–Trinajstić information content (AvgIpc) is 3.10. The van der Waals surface area contributed by atoms with Crippen LogP contribution in [0.15, 0.2) is 48.5 Å². The molecule has 5 nitrogen and oxygen atoms in total. The molecular formula is C21H21F3N4O. The lowest BCUT2D eigenvalue weighted by molar-refractivity contribution is -0.137. The Bertz CT molecular complexity index is 973. The summed E-state index contributed by atoms with van der Waals surface area (Å²) < 4.78 is 39.3. The highest BCUT2D eigenvalue weighted by Crippen LogP contribution is 2.35. The maximum atomic E-state index is 13.1. The third-order valence-corrected chi connectivity index (χ3v) is 5.26. The molecule has 1 aliphatic rings. The summed E-state index contributed by atoms with van der Waals surface area (Å²) in [4.78, 5) is 22.6.